The third-order valence-electron chi connectivity index (χ3n) is 2.96. The molecule has 0 radical (unpaired) electrons. The van der Waals surface area contributed by atoms with Crippen molar-refractivity contribution in [3.05, 3.63) is 67.0 Å². The molecule has 1 heterocycles. The minimum atomic E-state index is -4.19. The first kappa shape index (κ1) is 17.0. The second kappa shape index (κ2) is 6.82. The van der Waals surface area contributed by atoms with Crippen molar-refractivity contribution < 1.29 is 17.7 Å². The average molecular weight is 353 g/mol. The van der Waals surface area contributed by atoms with E-state index < -0.39 is 10.1 Å². The fraction of sp³-hybridized carbons (Fsp3) is 0. The number of nitrogens with zero attached hydrogens (tertiary/aromatic N) is 2. The van der Waals surface area contributed by atoms with Crippen molar-refractivity contribution in [1.29, 1.82) is 0 Å². The molecule has 0 aliphatic carbocycles. The average Bonchev–Trinajstić information content (AvgIpc) is 3.02. The lowest BCUT2D eigenvalue weighted by atomic mass is 10.3. The van der Waals surface area contributed by atoms with Crippen LogP contribution < -0.4 is 4.74 Å². The Morgan fingerprint density at radius 3 is 2.00 bits per heavy atom. The lowest BCUT2D eigenvalue weighted by Crippen LogP contribution is -1.97. The van der Waals surface area contributed by atoms with Gasteiger partial charge < -0.3 is 4.74 Å². The molecule has 1 N–H and O–H groups in total. The SMILES string of the molecule is Cl.O=S(=O)(O)c1ccc(Oc2ccc(-n3cccn3)cc2)cc1. The van der Waals surface area contributed by atoms with Crippen LogP contribution in [0.1, 0.15) is 0 Å². The summed E-state index contributed by atoms with van der Waals surface area (Å²) in [5, 5.41) is 4.13. The van der Waals surface area contributed by atoms with Crippen molar-refractivity contribution >= 4 is 22.5 Å². The molecule has 0 aliphatic rings. The van der Waals surface area contributed by atoms with E-state index in [0.717, 1.165) is 5.69 Å². The van der Waals surface area contributed by atoms with Crippen LogP contribution in [0.15, 0.2) is 71.9 Å². The van der Waals surface area contributed by atoms with Gasteiger partial charge in [0, 0.05) is 12.4 Å². The van der Waals surface area contributed by atoms with E-state index >= 15 is 0 Å². The van der Waals surface area contributed by atoms with Gasteiger partial charge in [0.2, 0.25) is 0 Å². The molecule has 1 aromatic heterocycles. The molecule has 3 rings (SSSR count). The van der Waals surface area contributed by atoms with Gasteiger partial charge in [0.15, 0.2) is 0 Å². The molecule has 6 nitrogen and oxygen atoms in total. The molecule has 0 fully saturated rings. The van der Waals surface area contributed by atoms with Crippen LogP contribution in [0, 0.1) is 0 Å². The third kappa shape index (κ3) is 4.10. The van der Waals surface area contributed by atoms with Crippen LogP contribution in [0.25, 0.3) is 5.69 Å². The Labute approximate surface area is 139 Å². The standard InChI is InChI=1S/C15H12N2O4S.ClH/c18-22(19,20)15-8-6-14(7-9-15)21-13-4-2-12(3-5-13)17-11-1-10-16-17;/h1-11H,(H,18,19,20);1H. The van der Waals surface area contributed by atoms with Crippen molar-refractivity contribution in [2.45, 2.75) is 4.90 Å². The molecule has 0 bridgehead atoms. The summed E-state index contributed by atoms with van der Waals surface area (Å²) >= 11 is 0. The van der Waals surface area contributed by atoms with E-state index in [1.165, 1.54) is 24.3 Å². The Morgan fingerprint density at radius 1 is 0.957 bits per heavy atom. The molecule has 2 aromatic carbocycles. The Balaban J connectivity index is 0.00000192. The highest BCUT2D eigenvalue weighted by atomic mass is 35.5. The van der Waals surface area contributed by atoms with Gasteiger partial charge in [0.1, 0.15) is 11.5 Å². The van der Waals surface area contributed by atoms with Crippen LogP contribution in [0.4, 0.5) is 0 Å². The first-order chi connectivity index (χ1) is 10.5. The van der Waals surface area contributed by atoms with Gasteiger partial charge >= 0.3 is 0 Å². The van der Waals surface area contributed by atoms with E-state index in [4.69, 9.17) is 9.29 Å². The largest absolute Gasteiger partial charge is 0.457 e. The van der Waals surface area contributed by atoms with Gasteiger partial charge in [-0.25, -0.2) is 4.68 Å². The molecular formula is C15H13ClN2O4S. The topological polar surface area (TPSA) is 81.4 Å². The molecule has 0 saturated heterocycles. The zero-order valence-electron chi connectivity index (χ0n) is 11.7. The van der Waals surface area contributed by atoms with Crippen LogP contribution in [-0.2, 0) is 10.1 Å². The zero-order chi connectivity index (χ0) is 15.6. The molecule has 0 amide bonds. The van der Waals surface area contributed by atoms with Gasteiger partial charge in [-0.3, -0.25) is 4.55 Å². The molecule has 0 saturated carbocycles. The minimum Gasteiger partial charge on any atom is -0.457 e. The first-order valence-corrected chi connectivity index (χ1v) is 7.82. The number of ether oxygens (including phenoxy) is 1. The van der Waals surface area contributed by atoms with Gasteiger partial charge in [-0.2, -0.15) is 13.5 Å². The molecule has 0 spiro atoms. The van der Waals surface area contributed by atoms with Crippen LogP contribution in [0.3, 0.4) is 0 Å². The third-order valence-corrected chi connectivity index (χ3v) is 3.83. The van der Waals surface area contributed by atoms with E-state index in [1.807, 2.05) is 24.4 Å². The normalized spacial score (nSPS) is 10.8. The molecule has 0 atom stereocenters. The van der Waals surface area contributed by atoms with E-state index in [1.54, 1.807) is 23.0 Å². The van der Waals surface area contributed by atoms with Gasteiger partial charge in [0.05, 0.1) is 10.6 Å². The van der Waals surface area contributed by atoms with Crippen LogP contribution >= 0.6 is 12.4 Å². The van der Waals surface area contributed by atoms with Crippen LogP contribution in [0.2, 0.25) is 0 Å². The maximum absolute atomic E-state index is 11.0. The molecular weight excluding hydrogens is 340 g/mol. The smallest absolute Gasteiger partial charge is 0.294 e. The molecule has 23 heavy (non-hydrogen) atoms. The predicted molar refractivity (Wildman–Crippen MR) is 87.1 cm³/mol. The van der Waals surface area contributed by atoms with Gasteiger partial charge in [0.25, 0.3) is 10.1 Å². The Hall–Kier alpha value is -2.35. The number of benzene rings is 2. The van der Waals surface area contributed by atoms with E-state index in [2.05, 4.69) is 5.10 Å². The predicted octanol–water partition coefficient (Wildman–Crippen LogP) is 3.33. The summed E-state index contributed by atoms with van der Waals surface area (Å²) < 4.78 is 38.2. The Bertz CT molecular complexity index is 861. The summed E-state index contributed by atoms with van der Waals surface area (Å²) in [5.41, 5.74) is 0.902. The summed E-state index contributed by atoms with van der Waals surface area (Å²) in [6, 6.07) is 14.6. The fourth-order valence-electron chi connectivity index (χ4n) is 1.90. The van der Waals surface area contributed by atoms with Crippen LogP contribution in [-0.4, -0.2) is 22.8 Å². The van der Waals surface area contributed by atoms with Crippen molar-refractivity contribution in [3.63, 3.8) is 0 Å². The second-order valence-corrected chi connectivity index (χ2v) is 5.91. The summed E-state index contributed by atoms with van der Waals surface area (Å²) in [7, 11) is -4.19. The summed E-state index contributed by atoms with van der Waals surface area (Å²) in [4.78, 5) is -0.172. The second-order valence-electron chi connectivity index (χ2n) is 4.49. The van der Waals surface area contributed by atoms with Crippen molar-refractivity contribution in [3.8, 4) is 17.2 Å². The summed E-state index contributed by atoms with van der Waals surface area (Å²) in [6.45, 7) is 0. The highest BCUT2D eigenvalue weighted by Crippen LogP contribution is 2.23. The Kier molecular flexibility index (Phi) is 5.05. The van der Waals surface area contributed by atoms with Gasteiger partial charge in [-0.1, -0.05) is 0 Å². The lowest BCUT2D eigenvalue weighted by Gasteiger charge is -2.07. The minimum absolute atomic E-state index is 0. The number of rotatable bonds is 4. The maximum atomic E-state index is 11.0. The van der Waals surface area contributed by atoms with E-state index in [9.17, 15) is 8.42 Å². The summed E-state index contributed by atoms with van der Waals surface area (Å²) in [5.74, 6) is 1.08. The highest BCUT2D eigenvalue weighted by molar-refractivity contribution is 7.85. The number of aromatic nitrogens is 2. The fourth-order valence-corrected chi connectivity index (χ4v) is 2.38. The molecule has 8 heteroatoms. The first-order valence-electron chi connectivity index (χ1n) is 6.38. The summed E-state index contributed by atoms with van der Waals surface area (Å²) in [6.07, 6.45) is 3.53. The molecule has 0 aliphatic heterocycles. The van der Waals surface area contributed by atoms with Gasteiger partial charge in [-0.15, -0.1) is 12.4 Å². The number of halogens is 1. The van der Waals surface area contributed by atoms with Crippen molar-refractivity contribution in [2.24, 2.45) is 0 Å². The van der Waals surface area contributed by atoms with Crippen molar-refractivity contribution in [2.75, 3.05) is 0 Å². The zero-order valence-corrected chi connectivity index (χ0v) is 13.4. The van der Waals surface area contributed by atoms with E-state index in [-0.39, 0.29) is 17.3 Å². The number of hydrogen-bond acceptors (Lipinski definition) is 4. The number of hydrogen-bond donors (Lipinski definition) is 1. The quantitative estimate of drug-likeness (QED) is 0.728. The van der Waals surface area contributed by atoms with Crippen molar-refractivity contribution in [1.82, 2.24) is 9.78 Å². The molecule has 0 unspecified atom stereocenters. The lowest BCUT2D eigenvalue weighted by molar-refractivity contribution is 0.478. The Morgan fingerprint density at radius 2 is 1.52 bits per heavy atom. The molecule has 3 aromatic rings. The maximum Gasteiger partial charge on any atom is 0.294 e. The highest BCUT2D eigenvalue weighted by Gasteiger charge is 2.09. The van der Waals surface area contributed by atoms with Crippen LogP contribution in [0.5, 0.6) is 11.5 Å². The van der Waals surface area contributed by atoms with Gasteiger partial charge in [-0.05, 0) is 54.6 Å². The monoisotopic (exact) mass is 352 g/mol. The molecule has 120 valence electrons. The van der Waals surface area contributed by atoms with E-state index in [0.29, 0.717) is 11.5 Å².